The van der Waals surface area contributed by atoms with E-state index in [9.17, 15) is 14.0 Å². The van der Waals surface area contributed by atoms with E-state index < -0.39 is 23.5 Å². The maximum absolute atomic E-state index is 13.5. The number of carboxylic acid groups (broad SMARTS) is 1. The van der Waals surface area contributed by atoms with E-state index >= 15 is 0 Å². The summed E-state index contributed by atoms with van der Waals surface area (Å²) < 4.78 is 18.5. The van der Waals surface area contributed by atoms with E-state index in [0.29, 0.717) is 0 Å². The van der Waals surface area contributed by atoms with E-state index in [1.165, 1.54) is 17.3 Å². The number of ether oxygens (including phenoxy) is 1. The topological polar surface area (TPSA) is 90.9 Å². The average molecular weight is 301 g/mol. The Morgan fingerprint density at radius 2 is 2.24 bits per heavy atom. The van der Waals surface area contributed by atoms with E-state index in [1.807, 2.05) is 0 Å². The fourth-order valence-corrected chi connectivity index (χ4v) is 1.46. The molecule has 1 amide bonds. The van der Waals surface area contributed by atoms with Crippen molar-refractivity contribution in [1.29, 1.82) is 0 Å². The van der Waals surface area contributed by atoms with Crippen molar-refractivity contribution < 1.29 is 23.8 Å². The summed E-state index contributed by atoms with van der Waals surface area (Å²) in [6.07, 6.45) is 1.91. The molecule has 0 atom stereocenters. The molecule has 0 aliphatic carbocycles. The van der Waals surface area contributed by atoms with Gasteiger partial charge in [-0.05, 0) is 26.8 Å². The third-order valence-corrected chi connectivity index (χ3v) is 2.39. The zero-order valence-electron chi connectivity index (χ0n) is 12.3. The molecule has 3 N–H and O–H groups in total. The molecule has 7 nitrogen and oxygen atoms in total. The molecular weight excluding hydrogens is 281 g/mol. The highest BCUT2D eigenvalue weighted by Gasteiger charge is 2.18. The van der Waals surface area contributed by atoms with Crippen molar-refractivity contribution in [2.75, 3.05) is 19.6 Å². The van der Waals surface area contributed by atoms with Crippen LogP contribution < -0.4 is 10.7 Å². The Hall–Kier alpha value is -2.09. The predicted molar refractivity (Wildman–Crippen MR) is 73.9 cm³/mol. The van der Waals surface area contributed by atoms with Crippen LogP contribution in [0.15, 0.2) is 23.7 Å². The van der Waals surface area contributed by atoms with Gasteiger partial charge in [0.2, 0.25) is 0 Å². The highest BCUT2D eigenvalue weighted by Crippen LogP contribution is 2.07. The van der Waals surface area contributed by atoms with Crippen LogP contribution in [0.4, 0.5) is 9.18 Å². The van der Waals surface area contributed by atoms with Crippen molar-refractivity contribution in [3.63, 3.8) is 0 Å². The lowest BCUT2D eigenvalue weighted by Gasteiger charge is -2.19. The van der Waals surface area contributed by atoms with Crippen LogP contribution in [0, 0.1) is 0 Å². The smallest absolute Gasteiger partial charge is 0.408 e. The summed E-state index contributed by atoms with van der Waals surface area (Å²) in [6.45, 7) is 5.22. The third-order valence-electron chi connectivity index (χ3n) is 2.39. The number of rotatable bonds is 5. The molecule has 1 rings (SSSR count). The first-order valence-corrected chi connectivity index (χ1v) is 6.42. The first-order valence-electron chi connectivity index (χ1n) is 6.42. The normalized spacial score (nSPS) is 16.2. The number of alkyl carbamates (subject to hydrolysis) is 1. The molecule has 0 fully saturated rings. The number of amides is 1. The van der Waals surface area contributed by atoms with Gasteiger partial charge in [0.15, 0.2) is 0 Å². The Bertz CT molecular complexity index is 469. The van der Waals surface area contributed by atoms with Gasteiger partial charge in [-0.2, -0.15) is 0 Å². The van der Waals surface area contributed by atoms with Gasteiger partial charge in [-0.25, -0.2) is 19.0 Å². The Morgan fingerprint density at radius 1 is 1.57 bits per heavy atom. The van der Waals surface area contributed by atoms with Gasteiger partial charge in [0.05, 0.1) is 18.7 Å². The molecule has 118 valence electrons. The van der Waals surface area contributed by atoms with Crippen LogP contribution >= 0.6 is 0 Å². The maximum atomic E-state index is 13.5. The molecule has 0 saturated carbocycles. The maximum Gasteiger partial charge on any atom is 0.408 e. The van der Waals surface area contributed by atoms with Gasteiger partial charge in [-0.15, -0.1) is 0 Å². The first kappa shape index (κ1) is 17.0. The molecule has 1 heterocycles. The standard InChI is InChI=1S/C13H20FN3O4/c1-13(2,3)21-12(20)15-7-10(14)4-5-17-8-9(6-16-17)11(18)19/h4,6,16H,5,7-8H2,1-3H3,(H,15,20)(H,18,19). The molecule has 1 aliphatic rings. The minimum absolute atomic E-state index is 0.176. The van der Waals surface area contributed by atoms with E-state index in [2.05, 4.69) is 10.7 Å². The molecule has 0 spiro atoms. The molecule has 1 aliphatic heterocycles. The van der Waals surface area contributed by atoms with Gasteiger partial charge in [0.25, 0.3) is 0 Å². The van der Waals surface area contributed by atoms with Crippen molar-refractivity contribution in [2.24, 2.45) is 0 Å². The Labute approximate surface area is 122 Å². The number of hydrogen-bond acceptors (Lipinski definition) is 5. The van der Waals surface area contributed by atoms with Gasteiger partial charge in [-0.3, -0.25) is 0 Å². The molecule has 0 unspecified atom stereocenters. The van der Waals surface area contributed by atoms with Crippen LogP contribution in [0.1, 0.15) is 20.8 Å². The number of halogens is 1. The summed E-state index contributed by atoms with van der Waals surface area (Å²) in [5, 5.41) is 12.6. The van der Waals surface area contributed by atoms with Crippen LogP contribution in [0.25, 0.3) is 0 Å². The number of carboxylic acids is 1. The molecule has 0 aromatic rings. The van der Waals surface area contributed by atoms with Crippen LogP contribution in [-0.2, 0) is 9.53 Å². The SMILES string of the molecule is CC(C)(C)OC(=O)NCC(F)=CCN1CC(C(=O)O)=CN1. The summed E-state index contributed by atoms with van der Waals surface area (Å²) in [4.78, 5) is 22.0. The fourth-order valence-electron chi connectivity index (χ4n) is 1.46. The number of carbonyl (C=O) groups is 2. The van der Waals surface area contributed by atoms with Crippen LogP contribution in [0.2, 0.25) is 0 Å². The van der Waals surface area contributed by atoms with Gasteiger partial charge < -0.3 is 20.6 Å². The quantitative estimate of drug-likeness (QED) is 0.706. The number of carbonyl (C=O) groups excluding carboxylic acids is 1. The van der Waals surface area contributed by atoms with Crippen LogP contribution in [0.5, 0.6) is 0 Å². The lowest BCUT2D eigenvalue weighted by atomic mass is 10.2. The number of hydrazine groups is 1. The van der Waals surface area contributed by atoms with Crippen molar-refractivity contribution >= 4 is 12.1 Å². The molecule has 0 aromatic heterocycles. The predicted octanol–water partition coefficient (Wildman–Crippen LogP) is 1.15. The lowest BCUT2D eigenvalue weighted by molar-refractivity contribution is -0.132. The number of hydrogen-bond donors (Lipinski definition) is 3. The molecule has 0 radical (unpaired) electrons. The number of nitrogens with zero attached hydrogens (tertiary/aromatic N) is 1. The minimum atomic E-state index is -1.01. The van der Waals surface area contributed by atoms with Crippen molar-refractivity contribution in [2.45, 2.75) is 26.4 Å². The zero-order chi connectivity index (χ0) is 16.0. The summed E-state index contributed by atoms with van der Waals surface area (Å²) in [6, 6.07) is 0. The lowest BCUT2D eigenvalue weighted by Crippen LogP contribution is -2.34. The average Bonchev–Trinajstić information content (AvgIpc) is 2.80. The van der Waals surface area contributed by atoms with Gasteiger partial charge in [-0.1, -0.05) is 0 Å². The van der Waals surface area contributed by atoms with Gasteiger partial charge in [0, 0.05) is 12.7 Å². The monoisotopic (exact) mass is 301 g/mol. The largest absolute Gasteiger partial charge is 0.478 e. The zero-order valence-corrected chi connectivity index (χ0v) is 12.3. The minimum Gasteiger partial charge on any atom is -0.478 e. The third kappa shape index (κ3) is 6.75. The second-order valence-electron chi connectivity index (χ2n) is 5.49. The summed E-state index contributed by atoms with van der Waals surface area (Å²) in [5.41, 5.74) is 2.27. The van der Waals surface area contributed by atoms with Crippen molar-refractivity contribution in [1.82, 2.24) is 15.8 Å². The number of nitrogens with one attached hydrogen (secondary N) is 2. The number of aliphatic carboxylic acids is 1. The molecule has 0 saturated heterocycles. The van der Waals surface area contributed by atoms with Crippen LogP contribution in [-0.4, -0.2) is 47.4 Å². The summed E-state index contributed by atoms with van der Waals surface area (Å²) in [5.74, 6) is -1.55. The van der Waals surface area contributed by atoms with E-state index in [4.69, 9.17) is 9.84 Å². The molecule has 0 bridgehead atoms. The van der Waals surface area contributed by atoms with Gasteiger partial charge in [0.1, 0.15) is 11.4 Å². The van der Waals surface area contributed by atoms with E-state index in [0.717, 1.165) is 0 Å². The van der Waals surface area contributed by atoms with Crippen LogP contribution in [0.3, 0.4) is 0 Å². The highest BCUT2D eigenvalue weighted by atomic mass is 19.1. The molecule has 8 heteroatoms. The van der Waals surface area contributed by atoms with E-state index in [-0.39, 0.29) is 25.2 Å². The summed E-state index contributed by atoms with van der Waals surface area (Å²) in [7, 11) is 0. The van der Waals surface area contributed by atoms with Crippen molar-refractivity contribution in [3.05, 3.63) is 23.7 Å². The fraction of sp³-hybridized carbons (Fsp3) is 0.538. The molecule has 0 aromatic carbocycles. The first-order chi connectivity index (χ1) is 9.67. The molecular formula is C13H20FN3O4. The van der Waals surface area contributed by atoms with E-state index in [1.54, 1.807) is 20.8 Å². The highest BCUT2D eigenvalue weighted by molar-refractivity contribution is 5.87. The Kier molecular flexibility index (Phi) is 5.71. The Morgan fingerprint density at radius 3 is 2.76 bits per heavy atom. The second kappa shape index (κ2) is 7.07. The van der Waals surface area contributed by atoms with Crippen molar-refractivity contribution in [3.8, 4) is 0 Å². The second-order valence-corrected chi connectivity index (χ2v) is 5.49. The van der Waals surface area contributed by atoms with Gasteiger partial charge >= 0.3 is 12.1 Å². The molecule has 21 heavy (non-hydrogen) atoms. The summed E-state index contributed by atoms with van der Waals surface area (Å²) >= 11 is 0. The Balaban J connectivity index is 2.29.